The van der Waals surface area contributed by atoms with Crippen LogP contribution in [0.2, 0.25) is 0 Å². The fraction of sp³-hybridized carbons (Fsp3) is 0. The van der Waals surface area contributed by atoms with Crippen LogP contribution < -0.4 is 9.50 Å². The minimum Gasteiger partial charge on any atom is -0.478 e. The lowest BCUT2D eigenvalue weighted by Gasteiger charge is -2.10. The van der Waals surface area contributed by atoms with E-state index in [0.717, 1.165) is 5.56 Å². The van der Waals surface area contributed by atoms with Crippen LogP contribution in [0.15, 0.2) is 72.9 Å². The number of carbonyl (C=O) groups is 1. The molecule has 0 unspecified atom stereocenters. The molecule has 0 bridgehead atoms. The summed E-state index contributed by atoms with van der Waals surface area (Å²) in [7, 11) is -5.19. The number of fused-ring (bicyclic) bond motifs is 1. The van der Waals surface area contributed by atoms with E-state index in [1.54, 1.807) is 12.1 Å². The molecule has 0 fully saturated rings. The first-order valence-electron chi connectivity index (χ1n) is 8.62. The zero-order valence-corrected chi connectivity index (χ0v) is 16.0. The monoisotopic (exact) mass is 427 g/mol. The van der Waals surface area contributed by atoms with Gasteiger partial charge in [0, 0.05) is 11.3 Å². The number of imidazole rings is 1. The van der Waals surface area contributed by atoms with Crippen molar-refractivity contribution in [1.29, 1.82) is 0 Å². The molecule has 0 aliphatic carbocycles. The summed E-state index contributed by atoms with van der Waals surface area (Å²) in [5, 5.41) is 12.2. The lowest BCUT2D eigenvalue weighted by atomic mass is 10.1. The molecular formula is C20H14FN3O5S. The maximum absolute atomic E-state index is 13.0. The van der Waals surface area contributed by atoms with Crippen molar-refractivity contribution in [2.75, 3.05) is 5.32 Å². The van der Waals surface area contributed by atoms with Gasteiger partial charge in [-0.25, -0.2) is 9.78 Å². The van der Waals surface area contributed by atoms with E-state index in [9.17, 15) is 17.1 Å². The highest BCUT2D eigenvalue weighted by Crippen LogP contribution is 2.32. The van der Waals surface area contributed by atoms with Crippen LogP contribution in [0.4, 0.5) is 15.4 Å². The van der Waals surface area contributed by atoms with Gasteiger partial charge >= 0.3 is 16.5 Å². The number of nitrogens with zero attached hydrogens (tertiary/aromatic N) is 2. The van der Waals surface area contributed by atoms with Gasteiger partial charge in [0.2, 0.25) is 0 Å². The summed E-state index contributed by atoms with van der Waals surface area (Å²) in [6.07, 6.45) is 1.29. The first kappa shape index (κ1) is 19.4. The van der Waals surface area contributed by atoms with Gasteiger partial charge in [0.1, 0.15) is 17.2 Å². The highest BCUT2D eigenvalue weighted by molar-refractivity contribution is 7.81. The van der Waals surface area contributed by atoms with Crippen molar-refractivity contribution in [2.24, 2.45) is 0 Å². The van der Waals surface area contributed by atoms with Crippen LogP contribution in [0.25, 0.3) is 16.9 Å². The Morgan fingerprint density at radius 2 is 1.73 bits per heavy atom. The number of hydrogen-bond donors (Lipinski definition) is 2. The van der Waals surface area contributed by atoms with Crippen molar-refractivity contribution >= 4 is 33.6 Å². The summed E-state index contributed by atoms with van der Waals surface area (Å²) in [6, 6.07) is 18.1. The van der Waals surface area contributed by atoms with Crippen LogP contribution in [0.3, 0.4) is 0 Å². The van der Waals surface area contributed by atoms with Crippen molar-refractivity contribution < 1.29 is 26.4 Å². The third-order valence-corrected chi connectivity index (χ3v) is 4.62. The minimum absolute atomic E-state index is 0.130. The van der Waals surface area contributed by atoms with Gasteiger partial charge < -0.3 is 14.6 Å². The van der Waals surface area contributed by atoms with Crippen LogP contribution in [-0.2, 0) is 10.5 Å². The molecule has 4 aromatic rings. The fourth-order valence-corrected chi connectivity index (χ4v) is 3.27. The maximum atomic E-state index is 13.0. The lowest BCUT2D eigenvalue weighted by molar-refractivity contribution is 0.0697. The number of aromatic carboxylic acids is 1. The van der Waals surface area contributed by atoms with Crippen LogP contribution in [0.1, 0.15) is 10.4 Å². The van der Waals surface area contributed by atoms with Crippen molar-refractivity contribution in [3.05, 3.63) is 78.5 Å². The molecule has 2 N–H and O–H groups in total. The topological polar surface area (TPSA) is 110 Å². The molecule has 0 saturated carbocycles. The summed E-state index contributed by atoms with van der Waals surface area (Å²) in [4.78, 5) is 15.6. The number of anilines is 2. The largest absolute Gasteiger partial charge is 0.488 e. The Morgan fingerprint density at radius 3 is 2.37 bits per heavy atom. The molecule has 8 nitrogen and oxygen atoms in total. The number of nitrogens with one attached hydrogen (secondary N) is 1. The third-order valence-electron chi connectivity index (χ3n) is 4.23. The SMILES string of the molecule is O=C(O)c1ccc(Nc2c(-c3ccccc3)nc3ccc(OS(=O)(=O)F)cn23)cc1. The number of pyridine rings is 1. The van der Waals surface area contributed by atoms with E-state index < -0.39 is 16.5 Å². The predicted octanol–water partition coefficient (Wildman–Crippen LogP) is 4.04. The summed E-state index contributed by atoms with van der Waals surface area (Å²) < 4.78 is 40.5. The van der Waals surface area contributed by atoms with E-state index in [4.69, 9.17) is 5.11 Å². The molecule has 10 heteroatoms. The Morgan fingerprint density at radius 1 is 1.03 bits per heavy atom. The average molecular weight is 427 g/mol. The van der Waals surface area contributed by atoms with Gasteiger partial charge in [-0.1, -0.05) is 34.2 Å². The molecule has 0 saturated heterocycles. The molecule has 2 aromatic carbocycles. The maximum Gasteiger partial charge on any atom is 0.488 e. The molecule has 30 heavy (non-hydrogen) atoms. The first-order valence-corrected chi connectivity index (χ1v) is 9.93. The molecule has 0 spiro atoms. The molecule has 0 atom stereocenters. The average Bonchev–Trinajstić information content (AvgIpc) is 3.06. The number of hydrogen-bond acceptors (Lipinski definition) is 6. The van der Waals surface area contributed by atoms with Gasteiger partial charge in [0.15, 0.2) is 5.75 Å². The Hall–Kier alpha value is -3.92. The Balaban J connectivity index is 1.84. The van der Waals surface area contributed by atoms with E-state index in [2.05, 4.69) is 14.5 Å². The highest BCUT2D eigenvalue weighted by atomic mass is 32.3. The zero-order valence-electron chi connectivity index (χ0n) is 15.2. The van der Waals surface area contributed by atoms with Crippen LogP contribution in [0, 0.1) is 0 Å². The summed E-state index contributed by atoms with van der Waals surface area (Å²) >= 11 is 0. The summed E-state index contributed by atoms with van der Waals surface area (Å²) in [5.74, 6) is -0.817. The molecule has 0 radical (unpaired) electrons. The molecule has 4 rings (SSSR count). The van der Waals surface area contributed by atoms with E-state index in [1.165, 1.54) is 34.9 Å². The number of benzene rings is 2. The van der Waals surface area contributed by atoms with E-state index >= 15 is 0 Å². The second kappa shape index (κ2) is 7.48. The molecular weight excluding hydrogens is 413 g/mol. The highest BCUT2D eigenvalue weighted by Gasteiger charge is 2.17. The first-order chi connectivity index (χ1) is 14.3. The van der Waals surface area contributed by atoms with Crippen LogP contribution in [-0.4, -0.2) is 28.9 Å². The molecule has 0 amide bonds. The van der Waals surface area contributed by atoms with Gasteiger partial charge in [-0.3, -0.25) is 4.40 Å². The van der Waals surface area contributed by atoms with Gasteiger partial charge in [-0.2, -0.15) is 8.42 Å². The normalized spacial score (nSPS) is 11.4. The Bertz CT molecular complexity index is 1340. The van der Waals surface area contributed by atoms with Gasteiger partial charge in [-0.15, -0.1) is 0 Å². The van der Waals surface area contributed by atoms with Crippen molar-refractivity contribution in [1.82, 2.24) is 9.38 Å². The van der Waals surface area contributed by atoms with E-state index in [-0.39, 0.29) is 11.3 Å². The predicted molar refractivity (Wildman–Crippen MR) is 108 cm³/mol. The van der Waals surface area contributed by atoms with Crippen LogP contribution >= 0.6 is 0 Å². The zero-order chi connectivity index (χ0) is 21.3. The van der Waals surface area contributed by atoms with Gasteiger partial charge in [-0.05, 0) is 36.4 Å². The van der Waals surface area contributed by atoms with Gasteiger partial charge in [0.05, 0.1) is 11.8 Å². The standard InChI is InChI=1S/C20H14FN3O5S/c21-30(27,28)29-16-10-11-17-23-18(13-4-2-1-3-5-13)19(24(17)12-16)22-15-8-6-14(7-9-15)20(25)26/h1-12,22H,(H,25,26). The quantitative estimate of drug-likeness (QED) is 0.447. The molecule has 0 aliphatic heterocycles. The molecule has 2 aromatic heterocycles. The summed E-state index contributed by atoms with van der Waals surface area (Å²) in [5.41, 5.74) is 2.50. The number of carboxylic acid groups (broad SMARTS) is 1. The number of carboxylic acids is 1. The molecule has 2 heterocycles. The van der Waals surface area contributed by atoms with E-state index in [0.29, 0.717) is 22.8 Å². The van der Waals surface area contributed by atoms with Crippen molar-refractivity contribution in [2.45, 2.75) is 0 Å². The molecule has 152 valence electrons. The summed E-state index contributed by atoms with van der Waals surface area (Å²) in [6.45, 7) is 0. The van der Waals surface area contributed by atoms with Crippen LogP contribution in [0.5, 0.6) is 5.75 Å². The number of aromatic nitrogens is 2. The Labute approximate surface area is 170 Å². The third kappa shape index (κ3) is 4.08. The minimum atomic E-state index is -5.19. The lowest BCUT2D eigenvalue weighted by Crippen LogP contribution is -2.03. The number of rotatable bonds is 6. The Kier molecular flexibility index (Phi) is 4.84. The van der Waals surface area contributed by atoms with Crippen molar-refractivity contribution in [3.63, 3.8) is 0 Å². The smallest absolute Gasteiger partial charge is 0.478 e. The number of halogens is 1. The second-order valence-corrected chi connectivity index (χ2v) is 7.20. The van der Waals surface area contributed by atoms with E-state index in [1.807, 2.05) is 30.3 Å². The van der Waals surface area contributed by atoms with Gasteiger partial charge in [0.25, 0.3) is 0 Å². The molecule has 0 aliphatic rings. The second-order valence-electron chi connectivity index (χ2n) is 6.25. The fourth-order valence-electron chi connectivity index (χ4n) is 2.94. The van der Waals surface area contributed by atoms with Crippen molar-refractivity contribution in [3.8, 4) is 17.0 Å².